The van der Waals surface area contributed by atoms with E-state index in [-0.39, 0.29) is 18.3 Å². The largest absolute Gasteiger partial charge is 0.397 e. The zero-order chi connectivity index (χ0) is 10.7. The van der Waals surface area contributed by atoms with Gasteiger partial charge in [0.05, 0.1) is 18.3 Å². The van der Waals surface area contributed by atoms with Crippen LogP contribution < -0.4 is 11.1 Å². The molecular weight excluding hydrogens is 226 g/mol. The topological polar surface area (TPSA) is 68.0 Å². The van der Waals surface area contributed by atoms with Crippen LogP contribution >= 0.6 is 12.4 Å². The Bertz CT molecular complexity index is 349. The number of carbonyl (C=O) groups is 1. The van der Waals surface area contributed by atoms with E-state index in [1.807, 2.05) is 0 Å². The zero-order valence-corrected chi connectivity index (χ0v) is 9.80. The average molecular weight is 242 g/mol. The van der Waals surface area contributed by atoms with E-state index in [9.17, 15) is 4.79 Å². The van der Waals surface area contributed by atoms with Crippen LogP contribution in [0.15, 0.2) is 18.3 Å². The molecule has 1 heterocycles. The third-order valence-corrected chi connectivity index (χ3v) is 2.66. The fraction of sp³-hybridized carbons (Fsp3) is 0.455. The minimum Gasteiger partial charge on any atom is -0.397 e. The van der Waals surface area contributed by atoms with Gasteiger partial charge in [0.25, 0.3) is 0 Å². The molecule has 1 aliphatic rings. The molecule has 0 bridgehead atoms. The number of pyridine rings is 1. The Balaban J connectivity index is 0.00000128. The number of halogens is 1. The minimum absolute atomic E-state index is 0. The van der Waals surface area contributed by atoms with Crippen molar-refractivity contribution in [1.82, 2.24) is 10.3 Å². The van der Waals surface area contributed by atoms with Crippen LogP contribution in [0.25, 0.3) is 0 Å². The molecule has 1 aliphatic carbocycles. The van der Waals surface area contributed by atoms with E-state index in [4.69, 9.17) is 5.73 Å². The molecule has 0 atom stereocenters. The molecule has 1 fully saturated rings. The Labute approximate surface area is 101 Å². The minimum atomic E-state index is 0. The summed E-state index contributed by atoms with van der Waals surface area (Å²) in [6, 6.07) is 3.94. The number of aromatic nitrogens is 1. The van der Waals surface area contributed by atoms with E-state index in [1.54, 1.807) is 18.3 Å². The second-order valence-electron chi connectivity index (χ2n) is 3.95. The molecule has 2 rings (SSSR count). The molecule has 0 radical (unpaired) electrons. The van der Waals surface area contributed by atoms with Gasteiger partial charge in [0.2, 0.25) is 5.91 Å². The molecule has 0 saturated heterocycles. The SMILES string of the molecule is Cl.Nc1ccc(CC(=O)NC2CCC2)nc1. The third kappa shape index (κ3) is 3.38. The standard InChI is InChI=1S/C11H15N3O.ClH/c12-8-4-5-10(13-7-8)6-11(15)14-9-2-1-3-9;/h4-5,7,9H,1-3,6,12H2,(H,14,15);1H. The quantitative estimate of drug-likeness (QED) is 0.838. The van der Waals surface area contributed by atoms with E-state index < -0.39 is 0 Å². The van der Waals surface area contributed by atoms with E-state index in [1.165, 1.54) is 6.42 Å². The summed E-state index contributed by atoms with van der Waals surface area (Å²) in [5.41, 5.74) is 6.89. The van der Waals surface area contributed by atoms with Crippen LogP contribution in [-0.4, -0.2) is 16.9 Å². The summed E-state index contributed by atoms with van der Waals surface area (Å²) < 4.78 is 0. The van der Waals surface area contributed by atoms with Crippen molar-refractivity contribution in [2.75, 3.05) is 5.73 Å². The summed E-state index contributed by atoms with van der Waals surface area (Å²) in [6.45, 7) is 0. The molecule has 1 aromatic rings. The van der Waals surface area contributed by atoms with Crippen LogP contribution in [-0.2, 0) is 11.2 Å². The molecule has 4 nitrogen and oxygen atoms in total. The van der Waals surface area contributed by atoms with Crippen LogP contribution in [0, 0.1) is 0 Å². The van der Waals surface area contributed by atoms with Crippen molar-refractivity contribution in [3.05, 3.63) is 24.0 Å². The van der Waals surface area contributed by atoms with Crippen molar-refractivity contribution in [3.63, 3.8) is 0 Å². The molecule has 1 aromatic heterocycles. The lowest BCUT2D eigenvalue weighted by atomic mass is 9.93. The van der Waals surface area contributed by atoms with Crippen molar-refractivity contribution in [1.29, 1.82) is 0 Å². The lowest BCUT2D eigenvalue weighted by Crippen LogP contribution is -2.40. The number of anilines is 1. The second kappa shape index (κ2) is 5.70. The van der Waals surface area contributed by atoms with Crippen LogP contribution in [0.3, 0.4) is 0 Å². The molecular formula is C11H16ClN3O. The molecule has 1 amide bonds. The van der Waals surface area contributed by atoms with Gasteiger partial charge >= 0.3 is 0 Å². The van der Waals surface area contributed by atoms with E-state index >= 15 is 0 Å². The number of carbonyl (C=O) groups excluding carboxylic acids is 1. The van der Waals surface area contributed by atoms with Crippen molar-refractivity contribution < 1.29 is 4.79 Å². The number of rotatable bonds is 3. The predicted octanol–water partition coefficient (Wildman–Crippen LogP) is 1.30. The summed E-state index contributed by atoms with van der Waals surface area (Å²) in [5.74, 6) is 0.0528. The maximum absolute atomic E-state index is 11.5. The number of hydrogen-bond donors (Lipinski definition) is 2. The molecule has 0 aliphatic heterocycles. The fourth-order valence-corrected chi connectivity index (χ4v) is 1.54. The normalized spacial score (nSPS) is 14.8. The summed E-state index contributed by atoms with van der Waals surface area (Å²) in [6.07, 6.45) is 5.37. The first-order chi connectivity index (χ1) is 7.24. The molecule has 3 N–H and O–H groups in total. The number of nitrogens with zero attached hydrogens (tertiary/aromatic N) is 1. The Morgan fingerprint density at radius 2 is 2.25 bits per heavy atom. The fourth-order valence-electron chi connectivity index (χ4n) is 1.54. The van der Waals surface area contributed by atoms with Crippen molar-refractivity contribution in [2.24, 2.45) is 0 Å². The maximum Gasteiger partial charge on any atom is 0.226 e. The Morgan fingerprint density at radius 3 is 2.75 bits per heavy atom. The molecule has 0 unspecified atom stereocenters. The van der Waals surface area contributed by atoms with Gasteiger partial charge in [0.15, 0.2) is 0 Å². The lowest BCUT2D eigenvalue weighted by Gasteiger charge is -2.26. The van der Waals surface area contributed by atoms with Crippen molar-refractivity contribution >= 4 is 24.0 Å². The summed E-state index contributed by atoms with van der Waals surface area (Å²) in [7, 11) is 0. The first-order valence-corrected chi connectivity index (χ1v) is 5.24. The first-order valence-electron chi connectivity index (χ1n) is 5.24. The Kier molecular flexibility index (Phi) is 4.55. The van der Waals surface area contributed by atoms with Gasteiger partial charge in [0.1, 0.15) is 0 Å². The van der Waals surface area contributed by atoms with E-state index in [0.29, 0.717) is 18.2 Å². The highest BCUT2D eigenvalue weighted by Crippen LogP contribution is 2.17. The van der Waals surface area contributed by atoms with Crippen molar-refractivity contribution in [3.8, 4) is 0 Å². The van der Waals surface area contributed by atoms with Crippen LogP contribution in [0.2, 0.25) is 0 Å². The maximum atomic E-state index is 11.5. The number of amides is 1. The van der Waals surface area contributed by atoms with E-state index in [2.05, 4.69) is 10.3 Å². The highest BCUT2D eigenvalue weighted by atomic mass is 35.5. The molecule has 88 valence electrons. The van der Waals surface area contributed by atoms with Gasteiger partial charge < -0.3 is 11.1 Å². The highest BCUT2D eigenvalue weighted by Gasteiger charge is 2.19. The number of nitrogens with two attached hydrogens (primary N) is 1. The average Bonchev–Trinajstić information content (AvgIpc) is 2.16. The van der Waals surface area contributed by atoms with Gasteiger partial charge in [-0.15, -0.1) is 12.4 Å². The molecule has 16 heavy (non-hydrogen) atoms. The van der Waals surface area contributed by atoms with Gasteiger partial charge in [0, 0.05) is 11.7 Å². The summed E-state index contributed by atoms with van der Waals surface area (Å²) >= 11 is 0. The number of hydrogen-bond acceptors (Lipinski definition) is 3. The predicted molar refractivity (Wildman–Crippen MR) is 65.4 cm³/mol. The zero-order valence-electron chi connectivity index (χ0n) is 8.98. The third-order valence-electron chi connectivity index (χ3n) is 2.66. The Morgan fingerprint density at radius 1 is 1.50 bits per heavy atom. The first kappa shape index (κ1) is 12.8. The van der Waals surface area contributed by atoms with Crippen molar-refractivity contribution in [2.45, 2.75) is 31.7 Å². The Hall–Kier alpha value is -1.29. The van der Waals surface area contributed by atoms with Gasteiger partial charge in [-0.1, -0.05) is 0 Å². The van der Waals surface area contributed by atoms with Gasteiger partial charge in [-0.25, -0.2) is 0 Å². The number of nitrogen functional groups attached to an aromatic ring is 1. The van der Waals surface area contributed by atoms with Gasteiger partial charge in [-0.05, 0) is 31.4 Å². The highest BCUT2D eigenvalue weighted by molar-refractivity contribution is 5.85. The molecule has 0 aromatic carbocycles. The van der Waals surface area contributed by atoms with Crippen LogP contribution in [0.5, 0.6) is 0 Å². The van der Waals surface area contributed by atoms with Crippen LogP contribution in [0.1, 0.15) is 25.0 Å². The summed E-state index contributed by atoms with van der Waals surface area (Å²) in [4.78, 5) is 15.6. The van der Waals surface area contributed by atoms with E-state index in [0.717, 1.165) is 18.5 Å². The van der Waals surface area contributed by atoms with Gasteiger partial charge in [-0.3, -0.25) is 9.78 Å². The smallest absolute Gasteiger partial charge is 0.226 e. The molecule has 5 heteroatoms. The second-order valence-corrected chi connectivity index (χ2v) is 3.95. The number of nitrogens with one attached hydrogen (secondary N) is 1. The molecule has 0 spiro atoms. The lowest BCUT2D eigenvalue weighted by molar-refractivity contribution is -0.121. The van der Waals surface area contributed by atoms with Gasteiger partial charge in [-0.2, -0.15) is 0 Å². The molecule has 1 saturated carbocycles. The summed E-state index contributed by atoms with van der Waals surface area (Å²) in [5, 5.41) is 2.97. The monoisotopic (exact) mass is 241 g/mol. The van der Waals surface area contributed by atoms with Crippen LogP contribution in [0.4, 0.5) is 5.69 Å².